The molecule has 0 aliphatic heterocycles. The number of benzene rings is 7. The van der Waals surface area contributed by atoms with E-state index in [2.05, 4.69) is 162 Å². The summed E-state index contributed by atoms with van der Waals surface area (Å²) in [7, 11) is 0. The highest BCUT2D eigenvalue weighted by molar-refractivity contribution is 6.16. The van der Waals surface area contributed by atoms with Crippen molar-refractivity contribution in [2.75, 3.05) is 0 Å². The molecule has 9 rings (SSSR count). The van der Waals surface area contributed by atoms with Crippen LogP contribution in [0.3, 0.4) is 0 Å². The second kappa shape index (κ2) is 14.9. The van der Waals surface area contributed by atoms with Gasteiger partial charge in [0, 0.05) is 44.2 Å². The van der Waals surface area contributed by atoms with Crippen LogP contribution < -0.4 is 0 Å². The number of hydrogen-bond acceptors (Lipinski definition) is 1. The summed E-state index contributed by atoms with van der Waals surface area (Å²) >= 11 is 0. The molecule has 4 heteroatoms. The SMILES string of the molecule is C=C/C(=C\C(=C)n1c2ccccc2c2ccc(C(N=C(C)c3ccccc3)=NC(=C)c3ccccc3)cc21)c1ccc2c3ccccc3n(-c3ccccc3)c2c1. The van der Waals surface area contributed by atoms with E-state index in [4.69, 9.17) is 9.98 Å². The topological polar surface area (TPSA) is 34.6 Å². The quantitative estimate of drug-likeness (QED) is 0.0805. The smallest absolute Gasteiger partial charge is 0.160 e. The molecular weight excluding hydrogens is 693 g/mol. The first kappa shape index (κ1) is 35.2. The van der Waals surface area contributed by atoms with Crippen LogP contribution in [0.1, 0.15) is 29.2 Å². The van der Waals surface area contributed by atoms with E-state index in [1.54, 1.807) is 0 Å². The van der Waals surface area contributed by atoms with Crippen molar-refractivity contribution in [1.82, 2.24) is 9.13 Å². The lowest BCUT2D eigenvalue weighted by atomic mass is 10.0. The molecule has 0 aliphatic rings. The molecule has 0 amide bonds. The third-order valence-corrected chi connectivity index (χ3v) is 10.6. The standard InChI is InChI=1S/C53H40N4/c1-5-39(42-29-31-48-46-26-16-18-28-50(46)57(52(48)34-42)44-23-13-8-14-24-44)33-36(2)56-49-27-17-15-25-45(49)47-32-30-43(35-51(47)56)53(54-37(3)40-19-9-6-10-20-40)55-38(4)41-21-11-7-12-22-41/h5-35H,1-3H2,4H3/b39-33+,54-53?,55-38?. The third-order valence-electron chi connectivity index (χ3n) is 10.6. The summed E-state index contributed by atoms with van der Waals surface area (Å²) in [6.07, 6.45) is 4.05. The van der Waals surface area contributed by atoms with Crippen LogP contribution in [-0.2, 0) is 0 Å². The minimum absolute atomic E-state index is 0.582. The van der Waals surface area contributed by atoms with Gasteiger partial charge < -0.3 is 9.13 Å². The minimum atomic E-state index is 0.582. The number of fused-ring (bicyclic) bond motifs is 6. The van der Waals surface area contributed by atoms with Gasteiger partial charge in [0.05, 0.1) is 27.8 Å². The van der Waals surface area contributed by atoms with Gasteiger partial charge in [0.25, 0.3) is 0 Å². The van der Waals surface area contributed by atoms with Crippen molar-refractivity contribution in [1.29, 1.82) is 0 Å². The van der Waals surface area contributed by atoms with Gasteiger partial charge in [-0.05, 0) is 71.7 Å². The summed E-state index contributed by atoms with van der Waals surface area (Å²) < 4.78 is 4.57. The fourth-order valence-electron chi connectivity index (χ4n) is 7.81. The van der Waals surface area contributed by atoms with Gasteiger partial charge in [-0.3, -0.25) is 0 Å². The van der Waals surface area contributed by atoms with Crippen LogP contribution in [0, 0.1) is 0 Å². The van der Waals surface area contributed by atoms with Gasteiger partial charge in [-0.15, -0.1) is 0 Å². The Balaban J connectivity index is 1.19. The largest absolute Gasteiger partial charge is 0.310 e. The van der Waals surface area contributed by atoms with E-state index in [0.29, 0.717) is 11.5 Å². The molecule has 4 nitrogen and oxygen atoms in total. The van der Waals surface area contributed by atoms with Crippen molar-refractivity contribution in [3.8, 4) is 5.69 Å². The molecule has 57 heavy (non-hydrogen) atoms. The first-order valence-corrected chi connectivity index (χ1v) is 19.1. The van der Waals surface area contributed by atoms with Gasteiger partial charge in [0.15, 0.2) is 5.84 Å². The Morgan fingerprint density at radius 3 is 1.70 bits per heavy atom. The summed E-state index contributed by atoms with van der Waals surface area (Å²) in [5.74, 6) is 0.582. The maximum atomic E-state index is 5.14. The normalized spacial score (nSPS) is 12.5. The molecule has 0 bridgehead atoms. The van der Waals surface area contributed by atoms with Crippen LogP contribution >= 0.6 is 0 Å². The van der Waals surface area contributed by atoms with Crippen molar-refractivity contribution >= 4 is 72.1 Å². The van der Waals surface area contributed by atoms with Gasteiger partial charge in [-0.2, -0.15) is 0 Å². The maximum Gasteiger partial charge on any atom is 0.160 e. The fraction of sp³-hybridized carbons (Fsp3) is 0.0189. The highest BCUT2D eigenvalue weighted by Gasteiger charge is 2.17. The van der Waals surface area contributed by atoms with Crippen molar-refractivity contribution < 1.29 is 0 Å². The molecule has 2 heterocycles. The van der Waals surface area contributed by atoms with Crippen LogP contribution in [-0.4, -0.2) is 20.7 Å². The Bertz CT molecular complexity index is 3100. The van der Waals surface area contributed by atoms with Crippen LogP contribution in [0.2, 0.25) is 0 Å². The van der Waals surface area contributed by atoms with E-state index in [1.807, 2.05) is 61.5 Å². The van der Waals surface area contributed by atoms with Crippen molar-refractivity contribution in [2.24, 2.45) is 9.98 Å². The lowest BCUT2D eigenvalue weighted by Crippen LogP contribution is -2.05. The predicted molar refractivity (Wildman–Crippen MR) is 244 cm³/mol. The zero-order chi connectivity index (χ0) is 38.9. The highest BCUT2D eigenvalue weighted by Crippen LogP contribution is 2.36. The molecular formula is C53H40N4. The number of aromatic nitrogens is 2. The first-order chi connectivity index (χ1) is 28.0. The zero-order valence-corrected chi connectivity index (χ0v) is 31.8. The Kier molecular flexibility index (Phi) is 9.21. The van der Waals surface area contributed by atoms with Gasteiger partial charge in [-0.1, -0.05) is 165 Å². The van der Waals surface area contributed by atoms with Crippen molar-refractivity contribution in [2.45, 2.75) is 6.92 Å². The van der Waals surface area contributed by atoms with Crippen molar-refractivity contribution in [3.63, 3.8) is 0 Å². The molecule has 0 saturated heterocycles. The lowest BCUT2D eigenvalue weighted by molar-refractivity contribution is 1.18. The molecule has 0 spiro atoms. The predicted octanol–water partition coefficient (Wildman–Crippen LogP) is 13.6. The summed E-state index contributed by atoms with van der Waals surface area (Å²) in [5, 5.41) is 4.67. The van der Waals surface area contributed by atoms with E-state index in [1.165, 1.54) is 16.3 Å². The molecule has 7 aromatic carbocycles. The number of allylic oxidation sites excluding steroid dienone is 4. The number of nitrogens with zero attached hydrogens (tertiary/aromatic N) is 4. The summed E-state index contributed by atoms with van der Waals surface area (Å²) in [6.45, 7) is 15.3. The molecule has 0 unspecified atom stereocenters. The van der Waals surface area contributed by atoms with Gasteiger partial charge >= 0.3 is 0 Å². The minimum Gasteiger partial charge on any atom is -0.310 e. The lowest BCUT2D eigenvalue weighted by Gasteiger charge is -2.12. The van der Waals surface area contributed by atoms with E-state index in [0.717, 1.165) is 72.2 Å². The Hall–Kier alpha value is -7.56. The first-order valence-electron chi connectivity index (χ1n) is 19.1. The van der Waals surface area contributed by atoms with E-state index < -0.39 is 0 Å². The summed E-state index contributed by atoms with van der Waals surface area (Å²) in [5.41, 5.74) is 12.7. The van der Waals surface area contributed by atoms with E-state index in [9.17, 15) is 0 Å². The van der Waals surface area contributed by atoms with Gasteiger partial charge in [0.2, 0.25) is 0 Å². The van der Waals surface area contributed by atoms with Crippen LogP contribution in [0.5, 0.6) is 0 Å². The second-order valence-corrected chi connectivity index (χ2v) is 14.1. The highest BCUT2D eigenvalue weighted by atomic mass is 15.0. The molecule has 0 N–H and O–H groups in total. The Labute approximate surface area is 332 Å². The molecule has 272 valence electrons. The number of aliphatic imine (C=N–C) groups is 2. The zero-order valence-electron chi connectivity index (χ0n) is 31.8. The number of hydrogen-bond donors (Lipinski definition) is 0. The fourth-order valence-corrected chi connectivity index (χ4v) is 7.81. The molecule has 0 atom stereocenters. The van der Waals surface area contributed by atoms with E-state index in [-0.39, 0.29) is 0 Å². The number of para-hydroxylation sites is 3. The summed E-state index contributed by atoms with van der Waals surface area (Å²) in [6, 6.07) is 60.9. The third kappa shape index (κ3) is 6.53. The van der Waals surface area contributed by atoms with Gasteiger partial charge in [0.1, 0.15) is 0 Å². The molecule has 2 aromatic heterocycles. The monoisotopic (exact) mass is 732 g/mol. The molecule has 0 aliphatic carbocycles. The van der Waals surface area contributed by atoms with Crippen LogP contribution in [0.4, 0.5) is 0 Å². The molecule has 0 fully saturated rings. The number of amidine groups is 1. The Morgan fingerprint density at radius 2 is 1.02 bits per heavy atom. The average molecular weight is 733 g/mol. The Morgan fingerprint density at radius 1 is 0.491 bits per heavy atom. The molecule has 9 aromatic rings. The van der Waals surface area contributed by atoms with Crippen LogP contribution in [0.15, 0.2) is 218 Å². The van der Waals surface area contributed by atoms with Gasteiger partial charge in [-0.25, -0.2) is 9.98 Å². The molecule has 0 saturated carbocycles. The van der Waals surface area contributed by atoms with E-state index >= 15 is 0 Å². The molecule has 0 radical (unpaired) electrons. The number of rotatable bonds is 9. The second-order valence-electron chi connectivity index (χ2n) is 14.1. The average Bonchev–Trinajstić information content (AvgIpc) is 3.78. The maximum absolute atomic E-state index is 5.14. The van der Waals surface area contributed by atoms with Crippen LogP contribution in [0.25, 0.3) is 66.3 Å². The van der Waals surface area contributed by atoms with Crippen molar-refractivity contribution in [3.05, 3.63) is 230 Å². The summed E-state index contributed by atoms with van der Waals surface area (Å²) in [4.78, 5) is 10.2.